The highest BCUT2D eigenvalue weighted by atomic mass is 79.9. The summed E-state index contributed by atoms with van der Waals surface area (Å²) in [6.45, 7) is 0.0102. The summed E-state index contributed by atoms with van der Waals surface area (Å²) in [5, 5.41) is 9.60. The van der Waals surface area contributed by atoms with Crippen molar-refractivity contribution in [1.29, 1.82) is 0 Å². The van der Waals surface area contributed by atoms with Crippen molar-refractivity contribution in [1.82, 2.24) is 0 Å². The van der Waals surface area contributed by atoms with Gasteiger partial charge in [-0.1, -0.05) is 40.2 Å². The van der Waals surface area contributed by atoms with Crippen LogP contribution in [0.15, 0.2) is 46.9 Å². The minimum absolute atomic E-state index is 0.0102. The predicted molar refractivity (Wildman–Crippen MR) is 80.6 cm³/mol. The molecule has 0 aliphatic heterocycles. The number of hydrogen-bond donors (Lipinski definition) is 1. The summed E-state index contributed by atoms with van der Waals surface area (Å²) < 4.78 is 19.5. The molecular formula is C16H16BrFO2. The van der Waals surface area contributed by atoms with Crippen molar-refractivity contribution >= 4 is 15.9 Å². The fraction of sp³-hybridized carbons (Fsp3) is 0.250. The van der Waals surface area contributed by atoms with Crippen LogP contribution in [0.25, 0.3) is 0 Å². The van der Waals surface area contributed by atoms with Gasteiger partial charge in [-0.05, 0) is 35.7 Å². The summed E-state index contributed by atoms with van der Waals surface area (Å²) >= 11 is 3.48. The van der Waals surface area contributed by atoms with E-state index in [-0.39, 0.29) is 24.1 Å². The molecule has 1 atom stereocenters. The van der Waals surface area contributed by atoms with Crippen molar-refractivity contribution < 1.29 is 14.2 Å². The first-order valence-electron chi connectivity index (χ1n) is 6.33. The third-order valence-electron chi connectivity index (χ3n) is 3.26. The Labute approximate surface area is 126 Å². The van der Waals surface area contributed by atoms with Crippen molar-refractivity contribution in [2.24, 2.45) is 0 Å². The first kappa shape index (κ1) is 15.0. The monoisotopic (exact) mass is 338 g/mol. The quantitative estimate of drug-likeness (QED) is 0.895. The van der Waals surface area contributed by atoms with E-state index in [1.54, 1.807) is 6.07 Å². The number of benzene rings is 2. The van der Waals surface area contributed by atoms with Gasteiger partial charge in [-0.2, -0.15) is 0 Å². The molecule has 0 amide bonds. The molecule has 0 heterocycles. The highest BCUT2D eigenvalue weighted by Gasteiger charge is 2.15. The predicted octanol–water partition coefficient (Wildman–Crippen LogP) is 3.92. The lowest BCUT2D eigenvalue weighted by Crippen LogP contribution is -2.08. The largest absolute Gasteiger partial charge is 0.494 e. The maximum Gasteiger partial charge on any atom is 0.165 e. The second-order valence-electron chi connectivity index (χ2n) is 4.57. The molecule has 4 heteroatoms. The molecule has 20 heavy (non-hydrogen) atoms. The molecule has 0 fully saturated rings. The van der Waals surface area contributed by atoms with Crippen LogP contribution in [0, 0.1) is 5.82 Å². The van der Waals surface area contributed by atoms with Crippen LogP contribution in [0.1, 0.15) is 17.0 Å². The smallest absolute Gasteiger partial charge is 0.165 e. The van der Waals surface area contributed by atoms with E-state index in [2.05, 4.69) is 15.9 Å². The third kappa shape index (κ3) is 3.38. The molecule has 0 radical (unpaired) electrons. The van der Waals surface area contributed by atoms with Crippen LogP contribution in [0.3, 0.4) is 0 Å². The summed E-state index contributed by atoms with van der Waals surface area (Å²) in [5.74, 6) is -0.220. The first-order chi connectivity index (χ1) is 9.65. The second-order valence-corrected chi connectivity index (χ2v) is 5.43. The molecule has 0 saturated carbocycles. The van der Waals surface area contributed by atoms with Crippen LogP contribution in [0.2, 0.25) is 0 Å². The molecule has 0 bridgehead atoms. The van der Waals surface area contributed by atoms with E-state index in [1.165, 1.54) is 13.2 Å². The molecule has 2 aromatic rings. The van der Waals surface area contributed by atoms with Crippen LogP contribution in [-0.2, 0) is 6.42 Å². The topological polar surface area (TPSA) is 29.5 Å². The van der Waals surface area contributed by atoms with E-state index >= 15 is 0 Å². The molecule has 2 nitrogen and oxygen atoms in total. The highest BCUT2D eigenvalue weighted by Crippen LogP contribution is 2.28. The SMILES string of the molecule is COc1ccc(CC(CO)c2ccccc2Br)cc1F. The van der Waals surface area contributed by atoms with Gasteiger partial charge in [0, 0.05) is 10.4 Å². The summed E-state index contributed by atoms with van der Waals surface area (Å²) in [5.41, 5.74) is 1.85. The average Bonchev–Trinajstić information content (AvgIpc) is 2.46. The van der Waals surface area contributed by atoms with Crippen molar-refractivity contribution in [3.8, 4) is 5.75 Å². The summed E-state index contributed by atoms with van der Waals surface area (Å²) in [4.78, 5) is 0. The van der Waals surface area contributed by atoms with Crippen LogP contribution in [0.4, 0.5) is 4.39 Å². The van der Waals surface area contributed by atoms with Gasteiger partial charge in [0.25, 0.3) is 0 Å². The Hall–Kier alpha value is -1.39. The van der Waals surface area contributed by atoms with Gasteiger partial charge < -0.3 is 9.84 Å². The molecule has 0 aliphatic carbocycles. The Morgan fingerprint density at radius 3 is 2.60 bits per heavy atom. The van der Waals surface area contributed by atoms with E-state index in [0.717, 1.165) is 15.6 Å². The third-order valence-corrected chi connectivity index (χ3v) is 3.99. The number of ether oxygens (including phenoxy) is 1. The molecule has 0 spiro atoms. The summed E-state index contributed by atoms with van der Waals surface area (Å²) in [7, 11) is 1.44. The normalized spacial score (nSPS) is 12.2. The molecule has 106 valence electrons. The Morgan fingerprint density at radius 2 is 2.00 bits per heavy atom. The van der Waals surface area contributed by atoms with Crippen molar-refractivity contribution in [3.63, 3.8) is 0 Å². The number of hydrogen-bond acceptors (Lipinski definition) is 2. The fourth-order valence-corrected chi connectivity index (χ4v) is 2.81. The molecule has 0 saturated heterocycles. The Bertz CT molecular complexity index is 586. The van der Waals surface area contributed by atoms with Gasteiger partial charge in [0.15, 0.2) is 11.6 Å². The number of aliphatic hydroxyl groups is 1. The van der Waals surface area contributed by atoms with E-state index in [0.29, 0.717) is 6.42 Å². The van der Waals surface area contributed by atoms with Gasteiger partial charge in [-0.3, -0.25) is 0 Å². The Kier molecular flexibility index (Phi) is 5.15. The second kappa shape index (κ2) is 6.86. The summed E-state index contributed by atoms with van der Waals surface area (Å²) in [6.07, 6.45) is 0.569. The van der Waals surface area contributed by atoms with E-state index in [1.807, 2.05) is 30.3 Å². The van der Waals surface area contributed by atoms with Crippen molar-refractivity contribution in [2.75, 3.05) is 13.7 Å². The van der Waals surface area contributed by atoms with Crippen molar-refractivity contribution in [3.05, 3.63) is 63.9 Å². The van der Waals surface area contributed by atoms with Crippen LogP contribution in [0.5, 0.6) is 5.75 Å². The molecule has 0 aliphatic rings. The Morgan fingerprint density at radius 1 is 1.25 bits per heavy atom. The first-order valence-corrected chi connectivity index (χ1v) is 7.12. The van der Waals surface area contributed by atoms with Gasteiger partial charge in [0.05, 0.1) is 13.7 Å². The van der Waals surface area contributed by atoms with Gasteiger partial charge in [-0.25, -0.2) is 4.39 Å². The molecule has 2 rings (SSSR count). The Balaban J connectivity index is 2.23. The lowest BCUT2D eigenvalue weighted by atomic mass is 9.92. The molecule has 0 aromatic heterocycles. The summed E-state index contributed by atoms with van der Waals surface area (Å²) in [6, 6.07) is 12.6. The van der Waals surface area contributed by atoms with Crippen LogP contribution >= 0.6 is 15.9 Å². The van der Waals surface area contributed by atoms with Gasteiger partial charge >= 0.3 is 0 Å². The minimum Gasteiger partial charge on any atom is -0.494 e. The van der Waals surface area contributed by atoms with Gasteiger partial charge in [0.1, 0.15) is 0 Å². The lowest BCUT2D eigenvalue weighted by Gasteiger charge is -2.16. The molecule has 1 N–H and O–H groups in total. The van der Waals surface area contributed by atoms with E-state index < -0.39 is 0 Å². The number of aliphatic hydroxyl groups excluding tert-OH is 1. The zero-order chi connectivity index (χ0) is 14.5. The number of methoxy groups -OCH3 is 1. The zero-order valence-electron chi connectivity index (χ0n) is 11.1. The average molecular weight is 339 g/mol. The lowest BCUT2D eigenvalue weighted by molar-refractivity contribution is 0.264. The molecule has 1 unspecified atom stereocenters. The zero-order valence-corrected chi connectivity index (χ0v) is 12.7. The van der Waals surface area contributed by atoms with Crippen LogP contribution < -0.4 is 4.74 Å². The van der Waals surface area contributed by atoms with E-state index in [9.17, 15) is 9.50 Å². The molecule has 2 aromatic carbocycles. The van der Waals surface area contributed by atoms with Crippen LogP contribution in [-0.4, -0.2) is 18.8 Å². The van der Waals surface area contributed by atoms with Gasteiger partial charge in [-0.15, -0.1) is 0 Å². The fourth-order valence-electron chi connectivity index (χ4n) is 2.20. The van der Waals surface area contributed by atoms with E-state index in [4.69, 9.17) is 4.74 Å². The standard InChI is InChI=1S/C16H16BrFO2/c1-20-16-7-6-11(9-15(16)18)8-12(10-19)13-4-2-3-5-14(13)17/h2-7,9,12,19H,8,10H2,1H3. The maximum atomic E-state index is 13.7. The highest BCUT2D eigenvalue weighted by molar-refractivity contribution is 9.10. The van der Waals surface area contributed by atoms with Crippen molar-refractivity contribution in [2.45, 2.75) is 12.3 Å². The van der Waals surface area contributed by atoms with Gasteiger partial charge in [0.2, 0.25) is 0 Å². The number of rotatable bonds is 5. The minimum atomic E-state index is -0.381. The molecular weight excluding hydrogens is 323 g/mol. The maximum absolute atomic E-state index is 13.7. The number of halogens is 2.